The number of carbonyl (C=O) groups excluding carboxylic acids is 3. The zero-order chi connectivity index (χ0) is 26.8. The molecule has 0 spiro atoms. The third-order valence-corrected chi connectivity index (χ3v) is 5.83. The fourth-order valence-electron chi connectivity index (χ4n) is 3.96. The minimum Gasteiger partial charge on any atom is -0.481 e. The van der Waals surface area contributed by atoms with Crippen LogP contribution < -0.4 is 15.7 Å². The van der Waals surface area contributed by atoms with Crippen LogP contribution in [-0.2, 0) is 30.4 Å². The first kappa shape index (κ1) is 27.3. The highest BCUT2D eigenvalue weighted by Crippen LogP contribution is 2.27. The Balaban J connectivity index is 1.80. The Labute approximate surface area is 215 Å². The lowest BCUT2D eigenvalue weighted by molar-refractivity contribution is -0.137. The van der Waals surface area contributed by atoms with Gasteiger partial charge in [-0.3, -0.25) is 24.0 Å². The van der Waals surface area contributed by atoms with Crippen LogP contribution in [0.4, 0.5) is 5.69 Å². The molecule has 3 rings (SSSR count). The van der Waals surface area contributed by atoms with Crippen molar-refractivity contribution in [3.8, 4) is 0 Å². The molecule has 37 heavy (non-hydrogen) atoms. The van der Waals surface area contributed by atoms with E-state index in [1.165, 1.54) is 19.1 Å². The van der Waals surface area contributed by atoms with Gasteiger partial charge < -0.3 is 15.7 Å². The smallest absolute Gasteiger partial charge is 0.303 e. The van der Waals surface area contributed by atoms with Crippen LogP contribution in [-0.4, -0.2) is 48.0 Å². The SMILES string of the molecule is CON(C(=O)[C@H](Cc1ccccc1)NC(=O)[C@H](C)NC(=O)CCCC(=O)O)c1cccc2ccccc12. The molecular formula is C28H31N3O6. The van der Waals surface area contributed by atoms with Gasteiger partial charge >= 0.3 is 5.97 Å². The average Bonchev–Trinajstić information content (AvgIpc) is 2.89. The van der Waals surface area contributed by atoms with Crippen molar-refractivity contribution in [1.82, 2.24) is 10.6 Å². The Morgan fingerprint density at radius 1 is 0.892 bits per heavy atom. The van der Waals surface area contributed by atoms with E-state index in [2.05, 4.69) is 10.6 Å². The second-order valence-electron chi connectivity index (χ2n) is 8.60. The topological polar surface area (TPSA) is 125 Å². The standard InChI is InChI=1S/C28H31N3O6/c1-19(29-25(32)16-9-17-26(33)34)27(35)30-23(18-20-10-4-3-5-11-20)28(36)31(37-2)24-15-8-13-21-12-6-7-14-22(21)24/h3-8,10-15,19,23H,9,16-18H2,1-2H3,(H,29,32)(H,30,35)(H,33,34)/t19-,23-/m0/s1. The number of amides is 3. The summed E-state index contributed by atoms with van der Waals surface area (Å²) in [6.45, 7) is 1.51. The predicted octanol–water partition coefficient (Wildman–Crippen LogP) is 3.22. The van der Waals surface area contributed by atoms with Crippen LogP contribution in [0.3, 0.4) is 0 Å². The van der Waals surface area contributed by atoms with E-state index in [0.29, 0.717) is 5.69 Å². The number of anilines is 1. The molecule has 0 aliphatic rings. The van der Waals surface area contributed by atoms with E-state index in [0.717, 1.165) is 16.3 Å². The number of hydrogen-bond acceptors (Lipinski definition) is 5. The zero-order valence-electron chi connectivity index (χ0n) is 20.8. The molecule has 3 N–H and O–H groups in total. The van der Waals surface area contributed by atoms with Crippen LogP contribution in [0.15, 0.2) is 72.8 Å². The summed E-state index contributed by atoms with van der Waals surface area (Å²) < 4.78 is 0. The number of carboxylic acid groups (broad SMARTS) is 1. The van der Waals surface area contributed by atoms with Gasteiger partial charge in [-0.2, -0.15) is 5.06 Å². The van der Waals surface area contributed by atoms with Crippen molar-refractivity contribution in [2.24, 2.45) is 0 Å². The van der Waals surface area contributed by atoms with E-state index >= 15 is 0 Å². The monoisotopic (exact) mass is 505 g/mol. The molecular weight excluding hydrogens is 474 g/mol. The molecule has 0 saturated heterocycles. The normalized spacial score (nSPS) is 12.4. The van der Waals surface area contributed by atoms with Crippen LogP contribution in [0.2, 0.25) is 0 Å². The maximum Gasteiger partial charge on any atom is 0.303 e. The largest absolute Gasteiger partial charge is 0.481 e. The molecule has 3 amide bonds. The summed E-state index contributed by atoms with van der Waals surface area (Å²) in [5.41, 5.74) is 1.37. The minimum atomic E-state index is -0.991. The quantitative estimate of drug-likeness (QED) is 0.325. The number of aliphatic carboxylic acids is 1. The van der Waals surface area contributed by atoms with Gasteiger partial charge in [-0.05, 0) is 30.4 Å². The number of fused-ring (bicyclic) bond motifs is 1. The molecule has 0 unspecified atom stereocenters. The molecule has 2 atom stereocenters. The summed E-state index contributed by atoms with van der Waals surface area (Å²) >= 11 is 0. The molecule has 9 heteroatoms. The molecule has 0 radical (unpaired) electrons. The molecule has 0 fully saturated rings. The Kier molecular flexibility index (Phi) is 9.74. The Hall–Kier alpha value is -4.24. The molecule has 0 aliphatic carbocycles. The number of hydrogen-bond donors (Lipinski definition) is 3. The van der Waals surface area contributed by atoms with E-state index in [1.54, 1.807) is 6.07 Å². The van der Waals surface area contributed by atoms with Gasteiger partial charge in [-0.1, -0.05) is 66.7 Å². The lowest BCUT2D eigenvalue weighted by Gasteiger charge is -2.27. The number of carboxylic acids is 1. The van der Waals surface area contributed by atoms with Crippen molar-refractivity contribution in [2.45, 2.75) is 44.7 Å². The maximum absolute atomic E-state index is 13.8. The van der Waals surface area contributed by atoms with E-state index in [4.69, 9.17) is 9.94 Å². The number of rotatable bonds is 12. The third-order valence-electron chi connectivity index (χ3n) is 5.83. The molecule has 9 nitrogen and oxygen atoms in total. The highest BCUT2D eigenvalue weighted by molar-refractivity contribution is 6.05. The summed E-state index contributed by atoms with van der Waals surface area (Å²) in [6, 6.07) is 20.5. The van der Waals surface area contributed by atoms with Crippen LogP contribution >= 0.6 is 0 Å². The first-order valence-corrected chi connectivity index (χ1v) is 12.0. The number of hydroxylamine groups is 1. The van der Waals surface area contributed by atoms with E-state index in [-0.39, 0.29) is 25.7 Å². The second kappa shape index (κ2) is 13.2. The zero-order valence-corrected chi connectivity index (χ0v) is 20.8. The Morgan fingerprint density at radius 2 is 1.57 bits per heavy atom. The van der Waals surface area contributed by atoms with Crippen LogP contribution in [0.25, 0.3) is 10.8 Å². The molecule has 3 aromatic carbocycles. The first-order chi connectivity index (χ1) is 17.8. The summed E-state index contributed by atoms with van der Waals surface area (Å²) in [5.74, 6) is -2.45. The maximum atomic E-state index is 13.8. The van der Waals surface area contributed by atoms with E-state index in [1.807, 2.05) is 66.7 Å². The van der Waals surface area contributed by atoms with Gasteiger partial charge in [-0.25, -0.2) is 0 Å². The highest BCUT2D eigenvalue weighted by atomic mass is 16.7. The van der Waals surface area contributed by atoms with E-state index in [9.17, 15) is 19.2 Å². The van der Waals surface area contributed by atoms with Crippen LogP contribution in [0, 0.1) is 0 Å². The van der Waals surface area contributed by atoms with Gasteiger partial charge in [0.2, 0.25) is 11.8 Å². The van der Waals surface area contributed by atoms with Gasteiger partial charge in [0.1, 0.15) is 12.1 Å². The van der Waals surface area contributed by atoms with E-state index < -0.39 is 35.8 Å². The van der Waals surface area contributed by atoms with Crippen LogP contribution in [0.5, 0.6) is 0 Å². The molecule has 0 saturated carbocycles. The van der Waals surface area contributed by atoms with Gasteiger partial charge in [0.15, 0.2) is 0 Å². The van der Waals surface area contributed by atoms with Crippen molar-refractivity contribution in [2.75, 3.05) is 12.2 Å². The fraction of sp³-hybridized carbons (Fsp3) is 0.286. The van der Waals surface area contributed by atoms with Crippen molar-refractivity contribution in [3.63, 3.8) is 0 Å². The van der Waals surface area contributed by atoms with Crippen molar-refractivity contribution in [1.29, 1.82) is 0 Å². The lowest BCUT2D eigenvalue weighted by atomic mass is 10.0. The molecule has 3 aromatic rings. The predicted molar refractivity (Wildman–Crippen MR) is 140 cm³/mol. The lowest BCUT2D eigenvalue weighted by Crippen LogP contribution is -2.54. The highest BCUT2D eigenvalue weighted by Gasteiger charge is 2.30. The van der Waals surface area contributed by atoms with Crippen LogP contribution in [0.1, 0.15) is 31.7 Å². The van der Waals surface area contributed by atoms with Crippen molar-refractivity contribution in [3.05, 3.63) is 78.4 Å². The third kappa shape index (κ3) is 7.62. The first-order valence-electron chi connectivity index (χ1n) is 12.0. The fourth-order valence-corrected chi connectivity index (χ4v) is 3.96. The Morgan fingerprint density at radius 3 is 2.27 bits per heavy atom. The molecule has 194 valence electrons. The second-order valence-corrected chi connectivity index (χ2v) is 8.60. The molecule has 0 aromatic heterocycles. The van der Waals surface area contributed by atoms with Gasteiger partial charge in [0.25, 0.3) is 5.91 Å². The molecule has 0 heterocycles. The minimum absolute atomic E-state index is 0.0190. The average molecular weight is 506 g/mol. The summed E-state index contributed by atoms with van der Waals surface area (Å²) in [4.78, 5) is 55.0. The number of nitrogens with one attached hydrogen (secondary N) is 2. The number of carbonyl (C=O) groups is 4. The molecule has 0 aliphatic heterocycles. The van der Waals surface area contributed by atoms with Crippen molar-refractivity contribution < 1.29 is 29.1 Å². The number of nitrogens with zero attached hydrogens (tertiary/aromatic N) is 1. The number of benzene rings is 3. The summed E-state index contributed by atoms with van der Waals surface area (Å²) in [5, 5.41) is 17.0. The summed E-state index contributed by atoms with van der Waals surface area (Å²) in [7, 11) is 1.39. The van der Waals surface area contributed by atoms with Gasteiger partial charge in [-0.15, -0.1) is 0 Å². The molecule has 0 bridgehead atoms. The summed E-state index contributed by atoms with van der Waals surface area (Å²) in [6.07, 6.45) is 0.214. The van der Waals surface area contributed by atoms with Gasteiger partial charge in [0, 0.05) is 24.6 Å². The van der Waals surface area contributed by atoms with Gasteiger partial charge in [0.05, 0.1) is 12.8 Å². The van der Waals surface area contributed by atoms with Crippen molar-refractivity contribution >= 4 is 40.2 Å². The Bertz CT molecular complexity index is 1240.